The molecule has 4 aromatic carbocycles. The van der Waals surface area contributed by atoms with Gasteiger partial charge in [0, 0.05) is 46.9 Å². The standard InChI is InChI=1S/C33H24N4O2/c1-38-26-16-17-34-33(20-26)37-31-13-6-5-12-29(31)30-15-14-28(19-32(30)37)39-27-11-7-10-25(18-27)36-22-24(21-35-36)23-8-3-2-4-9-23/h2-22H,1H3. The van der Waals surface area contributed by atoms with E-state index in [2.05, 4.69) is 57.1 Å². The molecule has 39 heavy (non-hydrogen) atoms. The summed E-state index contributed by atoms with van der Waals surface area (Å²) in [4.78, 5) is 4.65. The number of para-hydroxylation sites is 1. The molecule has 0 amide bonds. The number of rotatable bonds is 6. The van der Waals surface area contributed by atoms with Gasteiger partial charge in [-0.25, -0.2) is 9.67 Å². The van der Waals surface area contributed by atoms with Crippen molar-refractivity contribution >= 4 is 21.8 Å². The molecule has 0 N–H and O–H groups in total. The van der Waals surface area contributed by atoms with Gasteiger partial charge in [-0.15, -0.1) is 0 Å². The Bertz CT molecular complexity index is 1940. The van der Waals surface area contributed by atoms with E-state index in [4.69, 9.17) is 9.47 Å². The second-order valence-corrected chi connectivity index (χ2v) is 9.22. The fourth-order valence-corrected chi connectivity index (χ4v) is 4.98. The van der Waals surface area contributed by atoms with Crippen LogP contribution in [0.4, 0.5) is 0 Å². The highest BCUT2D eigenvalue weighted by Gasteiger charge is 2.15. The van der Waals surface area contributed by atoms with Crippen LogP contribution in [0.2, 0.25) is 0 Å². The van der Waals surface area contributed by atoms with Crippen LogP contribution < -0.4 is 9.47 Å². The molecule has 0 aliphatic heterocycles. The lowest BCUT2D eigenvalue weighted by molar-refractivity contribution is 0.414. The van der Waals surface area contributed by atoms with E-state index in [9.17, 15) is 0 Å². The quantitative estimate of drug-likeness (QED) is 0.230. The lowest BCUT2D eigenvalue weighted by Gasteiger charge is -2.10. The Kier molecular flexibility index (Phi) is 5.56. The Morgan fingerprint density at radius 1 is 0.641 bits per heavy atom. The molecule has 0 aliphatic carbocycles. The summed E-state index contributed by atoms with van der Waals surface area (Å²) in [6.07, 6.45) is 5.67. The molecule has 188 valence electrons. The molecule has 0 unspecified atom stereocenters. The monoisotopic (exact) mass is 508 g/mol. The molecular weight excluding hydrogens is 484 g/mol. The van der Waals surface area contributed by atoms with E-state index >= 15 is 0 Å². The van der Waals surface area contributed by atoms with Gasteiger partial charge < -0.3 is 9.47 Å². The van der Waals surface area contributed by atoms with E-state index < -0.39 is 0 Å². The minimum Gasteiger partial charge on any atom is -0.497 e. The van der Waals surface area contributed by atoms with E-state index in [1.54, 1.807) is 13.3 Å². The van der Waals surface area contributed by atoms with Crippen LogP contribution in [0.5, 0.6) is 17.2 Å². The largest absolute Gasteiger partial charge is 0.497 e. The van der Waals surface area contributed by atoms with E-state index in [1.165, 1.54) is 0 Å². The number of ether oxygens (including phenoxy) is 2. The van der Waals surface area contributed by atoms with Crippen LogP contribution in [-0.4, -0.2) is 26.4 Å². The van der Waals surface area contributed by atoms with Crippen molar-refractivity contribution in [1.82, 2.24) is 19.3 Å². The minimum absolute atomic E-state index is 0.728. The van der Waals surface area contributed by atoms with Crippen LogP contribution in [0.25, 0.3) is 44.4 Å². The lowest BCUT2D eigenvalue weighted by Crippen LogP contribution is -1.98. The van der Waals surface area contributed by atoms with Crippen LogP contribution in [0.15, 0.2) is 128 Å². The van der Waals surface area contributed by atoms with Gasteiger partial charge in [0.2, 0.25) is 0 Å². The van der Waals surface area contributed by atoms with Gasteiger partial charge in [-0.3, -0.25) is 4.57 Å². The summed E-state index contributed by atoms with van der Waals surface area (Å²) in [6, 6.07) is 36.5. The van der Waals surface area contributed by atoms with Crippen molar-refractivity contribution in [2.24, 2.45) is 0 Å². The predicted molar refractivity (Wildman–Crippen MR) is 154 cm³/mol. The summed E-state index contributed by atoms with van der Waals surface area (Å²) >= 11 is 0. The number of nitrogens with zero attached hydrogens (tertiary/aromatic N) is 4. The molecule has 0 aliphatic rings. The fraction of sp³-hybridized carbons (Fsp3) is 0.0303. The van der Waals surface area contributed by atoms with Gasteiger partial charge in [-0.05, 0) is 42.0 Å². The first-order valence-corrected chi connectivity index (χ1v) is 12.7. The molecule has 0 radical (unpaired) electrons. The normalized spacial score (nSPS) is 11.2. The van der Waals surface area contributed by atoms with Gasteiger partial charge in [0.25, 0.3) is 0 Å². The van der Waals surface area contributed by atoms with Gasteiger partial charge in [0.15, 0.2) is 0 Å². The maximum atomic E-state index is 6.37. The molecule has 0 bridgehead atoms. The highest BCUT2D eigenvalue weighted by Crippen LogP contribution is 2.35. The highest BCUT2D eigenvalue weighted by molar-refractivity contribution is 6.09. The van der Waals surface area contributed by atoms with Crippen LogP contribution >= 0.6 is 0 Å². The second-order valence-electron chi connectivity index (χ2n) is 9.22. The van der Waals surface area contributed by atoms with Crippen molar-refractivity contribution in [2.45, 2.75) is 0 Å². The van der Waals surface area contributed by atoms with Crippen LogP contribution in [0, 0.1) is 0 Å². The van der Waals surface area contributed by atoms with E-state index in [0.717, 1.165) is 61.7 Å². The van der Waals surface area contributed by atoms with Gasteiger partial charge >= 0.3 is 0 Å². The molecule has 7 rings (SSSR count). The van der Waals surface area contributed by atoms with Gasteiger partial charge in [0.05, 0.1) is 30.0 Å². The van der Waals surface area contributed by atoms with Crippen molar-refractivity contribution in [3.63, 3.8) is 0 Å². The number of benzene rings is 4. The summed E-state index contributed by atoms with van der Waals surface area (Å²) in [6.45, 7) is 0. The first kappa shape index (κ1) is 22.8. The molecule has 0 saturated heterocycles. The Morgan fingerprint density at radius 3 is 2.36 bits per heavy atom. The fourth-order valence-electron chi connectivity index (χ4n) is 4.98. The molecule has 0 fully saturated rings. The Morgan fingerprint density at radius 2 is 1.46 bits per heavy atom. The number of aromatic nitrogens is 4. The molecule has 3 aromatic heterocycles. The van der Waals surface area contributed by atoms with Gasteiger partial charge in [-0.1, -0.05) is 54.6 Å². The van der Waals surface area contributed by atoms with Gasteiger partial charge in [0.1, 0.15) is 23.1 Å². The maximum Gasteiger partial charge on any atom is 0.141 e. The number of fused-ring (bicyclic) bond motifs is 3. The molecule has 7 aromatic rings. The summed E-state index contributed by atoms with van der Waals surface area (Å²) in [5.74, 6) is 3.00. The second kappa shape index (κ2) is 9.50. The summed E-state index contributed by atoms with van der Waals surface area (Å²) in [5.41, 5.74) is 5.19. The van der Waals surface area contributed by atoms with Crippen molar-refractivity contribution in [2.75, 3.05) is 7.11 Å². The topological polar surface area (TPSA) is 54.1 Å². The predicted octanol–water partition coefficient (Wildman–Crippen LogP) is 7.83. The number of methoxy groups -OCH3 is 1. The van der Waals surface area contributed by atoms with Crippen LogP contribution in [0.3, 0.4) is 0 Å². The van der Waals surface area contributed by atoms with Crippen molar-refractivity contribution in [1.29, 1.82) is 0 Å². The Hall–Kier alpha value is -5.36. The maximum absolute atomic E-state index is 6.37. The third kappa shape index (κ3) is 4.18. The van der Waals surface area contributed by atoms with E-state index in [1.807, 2.05) is 83.8 Å². The number of pyridine rings is 1. The Labute approximate surface area is 225 Å². The van der Waals surface area contributed by atoms with Crippen molar-refractivity contribution in [3.8, 4) is 39.9 Å². The molecule has 3 heterocycles. The highest BCUT2D eigenvalue weighted by atomic mass is 16.5. The van der Waals surface area contributed by atoms with Crippen LogP contribution in [-0.2, 0) is 0 Å². The summed E-state index contributed by atoms with van der Waals surface area (Å²) in [5, 5.41) is 6.85. The smallest absolute Gasteiger partial charge is 0.141 e. The molecule has 0 saturated carbocycles. The van der Waals surface area contributed by atoms with Crippen molar-refractivity contribution < 1.29 is 9.47 Å². The SMILES string of the molecule is COc1ccnc(-n2c3ccccc3c3ccc(Oc4cccc(-n5cc(-c6ccccc6)cn5)c4)cc32)c1. The lowest BCUT2D eigenvalue weighted by atomic mass is 10.1. The van der Waals surface area contributed by atoms with E-state index in [-0.39, 0.29) is 0 Å². The third-order valence-corrected chi connectivity index (χ3v) is 6.83. The zero-order valence-electron chi connectivity index (χ0n) is 21.2. The minimum atomic E-state index is 0.728. The van der Waals surface area contributed by atoms with E-state index in [0.29, 0.717) is 0 Å². The zero-order chi connectivity index (χ0) is 26.2. The average molecular weight is 509 g/mol. The Balaban J connectivity index is 1.26. The third-order valence-electron chi connectivity index (χ3n) is 6.83. The number of hydrogen-bond donors (Lipinski definition) is 0. The summed E-state index contributed by atoms with van der Waals surface area (Å²) < 4.78 is 15.9. The molecular formula is C33H24N4O2. The average Bonchev–Trinajstić information content (AvgIpc) is 3.61. The molecule has 0 atom stereocenters. The summed E-state index contributed by atoms with van der Waals surface area (Å²) in [7, 11) is 1.66. The van der Waals surface area contributed by atoms with Crippen LogP contribution in [0.1, 0.15) is 0 Å². The van der Waals surface area contributed by atoms with Crippen molar-refractivity contribution in [3.05, 3.63) is 128 Å². The molecule has 6 heteroatoms. The molecule has 6 nitrogen and oxygen atoms in total. The molecule has 0 spiro atoms. The first-order chi connectivity index (χ1) is 19.3. The zero-order valence-corrected chi connectivity index (χ0v) is 21.2. The van der Waals surface area contributed by atoms with Gasteiger partial charge in [-0.2, -0.15) is 5.10 Å². The first-order valence-electron chi connectivity index (χ1n) is 12.7. The number of hydrogen-bond acceptors (Lipinski definition) is 4.